The number of aromatic nitrogens is 2. The topological polar surface area (TPSA) is 119 Å². The van der Waals surface area contributed by atoms with Gasteiger partial charge in [-0.3, -0.25) is 19.2 Å². The van der Waals surface area contributed by atoms with E-state index in [-0.39, 0.29) is 53.8 Å². The fraction of sp³-hybridized carbons (Fsp3) is 0.404. The van der Waals surface area contributed by atoms with E-state index >= 15 is 0 Å². The molecular weight excluding hydrogens is 911 g/mol. The third-order valence-electron chi connectivity index (χ3n) is 15.2. The minimum absolute atomic E-state index is 0.0149. The molecule has 2 aromatic heterocycles. The zero-order valence-electron chi connectivity index (χ0n) is 40.3. The molecule has 10 rings (SSSR count). The number of thiazole rings is 2. The van der Waals surface area contributed by atoms with E-state index in [0.717, 1.165) is 131 Å². The Morgan fingerprint density at radius 2 is 0.986 bits per heavy atom. The number of amides is 3. The van der Waals surface area contributed by atoms with Gasteiger partial charge in [-0.2, -0.15) is 0 Å². The number of nitrogens with zero attached hydrogens (tertiary/aromatic N) is 6. The van der Waals surface area contributed by atoms with Gasteiger partial charge in [-0.15, -0.1) is 22.7 Å². The molecule has 13 heteroatoms. The van der Waals surface area contributed by atoms with Gasteiger partial charge in [-0.25, -0.2) is 9.97 Å². The Labute approximate surface area is 420 Å². The Morgan fingerprint density at radius 3 is 1.49 bits per heavy atom. The maximum absolute atomic E-state index is 14.5. The van der Waals surface area contributed by atoms with Crippen molar-refractivity contribution < 1.29 is 19.2 Å². The molecule has 4 aliphatic rings. The van der Waals surface area contributed by atoms with Gasteiger partial charge >= 0.3 is 0 Å². The van der Waals surface area contributed by atoms with Gasteiger partial charge in [0.1, 0.15) is 21.8 Å². The molecule has 0 saturated carbocycles. The second-order valence-corrected chi connectivity index (χ2v) is 21.9. The fourth-order valence-electron chi connectivity index (χ4n) is 10.9. The number of carbonyl (C=O) groups is 4. The first kappa shape index (κ1) is 47.8. The zero-order chi connectivity index (χ0) is 48.1. The summed E-state index contributed by atoms with van der Waals surface area (Å²) in [6.45, 7) is 4.88. The van der Waals surface area contributed by atoms with Crippen molar-refractivity contribution in [1.82, 2.24) is 34.9 Å². The van der Waals surface area contributed by atoms with Crippen molar-refractivity contribution in [2.24, 2.45) is 11.8 Å². The zero-order valence-corrected chi connectivity index (χ0v) is 41.9. The van der Waals surface area contributed by atoms with Crippen LogP contribution in [0.5, 0.6) is 0 Å². The average molecular weight is 974 g/mol. The van der Waals surface area contributed by atoms with Crippen LogP contribution in [0.3, 0.4) is 0 Å². The average Bonchev–Trinajstić information content (AvgIpc) is 4.26. The van der Waals surface area contributed by atoms with Crippen LogP contribution in [0.2, 0.25) is 0 Å². The predicted molar refractivity (Wildman–Crippen MR) is 278 cm³/mol. The molecule has 6 heterocycles. The van der Waals surface area contributed by atoms with Crippen molar-refractivity contribution in [2.45, 2.75) is 81.8 Å². The molecule has 0 bridgehead atoms. The fourth-order valence-corrected chi connectivity index (χ4v) is 13.1. The van der Waals surface area contributed by atoms with E-state index in [0.29, 0.717) is 13.1 Å². The number of carbonyl (C=O) groups excluding carboxylic acids is 4. The lowest BCUT2D eigenvalue weighted by Crippen LogP contribution is -2.46. The van der Waals surface area contributed by atoms with Crippen LogP contribution in [0.1, 0.15) is 103 Å². The van der Waals surface area contributed by atoms with Crippen LogP contribution in [-0.4, -0.2) is 106 Å². The van der Waals surface area contributed by atoms with Crippen molar-refractivity contribution in [3.8, 4) is 32.0 Å². The van der Waals surface area contributed by atoms with Crippen LogP contribution in [-0.2, 0) is 19.2 Å². The van der Waals surface area contributed by atoms with Crippen LogP contribution in [0.25, 0.3) is 32.0 Å². The predicted octanol–water partition coefficient (Wildman–Crippen LogP) is 10.2. The van der Waals surface area contributed by atoms with Gasteiger partial charge in [-0.1, -0.05) is 109 Å². The molecule has 0 radical (unpaired) electrons. The molecule has 362 valence electrons. The Balaban J connectivity index is 0.785. The minimum atomic E-state index is -0.744. The van der Waals surface area contributed by atoms with Gasteiger partial charge < -0.3 is 24.9 Å². The van der Waals surface area contributed by atoms with Crippen LogP contribution < -0.4 is 5.32 Å². The lowest BCUT2D eigenvalue weighted by Gasteiger charge is -2.32. The van der Waals surface area contributed by atoms with E-state index in [1.54, 1.807) is 22.7 Å². The minimum Gasteiger partial charge on any atom is -0.340 e. The summed E-state index contributed by atoms with van der Waals surface area (Å²) in [6.07, 6.45) is 10.9. The molecule has 0 spiro atoms. The largest absolute Gasteiger partial charge is 0.340 e. The summed E-state index contributed by atoms with van der Waals surface area (Å²) in [7, 11) is 4.18. The Bertz CT molecular complexity index is 2560. The SMILES string of the molecule is CN1CCC(C(=O)C[C@@H](C(=O)N2CCC[C@H]2c2ncc(-c3ccc(-c4ccc(-c5cnc([C@@H]6CCCN6C(=O)[C@H](NC(=O)C6CCN(C)CC6)c6ccccc6)s5)cc4)cc3)s2)c2ccccc2)CC1. The number of nitrogens with one attached hydrogen (secondary N) is 1. The van der Waals surface area contributed by atoms with Crippen LogP contribution in [0.15, 0.2) is 122 Å². The van der Waals surface area contributed by atoms with Gasteiger partial charge in [0, 0.05) is 43.7 Å². The molecule has 70 heavy (non-hydrogen) atoms. The first-order chi connectivity index (χ1) is 34.2. The molecule has 11 nitrogen and oxygen atoms in total. The van der Waals surface area contributed by atoms with Crippen molar-refractivity contribution in [3.05, 3.63) is 143 Å². The van der Waals surface area contributed by atoms with E-state index in [2.05, 4.69) is 77.7 Å². The molecule has 4 atom stereocenters. The summed E-state index contributed by atoms with van der Waals surface area (Å²) in [5.41, 5.74) is 6.08. The molecule has 4 aliphatic heterocycles. The lowest BCUT2D eigenvalue weighted by atomic mass is 9.84. The summed E-state index contributed by atoms with van der Waals surface area (Å²) in [4.78, 5) is 76.5. The molecule has 3 amide bonds. The number of hydrogen-bond acceptors (Lipinski definition) is 10. The van der Waals surface area contributed by atoms with Gasteiger partial charge in [0.25, 0.3) is 0 Å². The number of rotatable bonds is 14. The van der Waals surface area contributed by atoms with E-state index in [9.17, 15) is 19.2 Å². The molecule has 1 N–H and O–H groups in total. The Morgan fingerprint density at radius 1 is 0.543 bits per heavy atom. The normalized spacial score (nSPS) is 20.4. The van der Waals surface area contributed by atoms with Crippen molar-refractivity contribution in [2.75, 3.05) is 53.4 Å². The molecule has 4 saturated heterocycles. The summed E-state index contributed by atoms with van der Waals surface area (Å²) < 4.78 is 0. The standard InChI is InChI=1S/C57H63N7O4S2/c1-61-31-25-41(26-32-61)49(65)35-46(40-11-5-3-6-12-40)56(67)63-29-9-15-47(63)54-58-36-50(69-54)42-21-17-38(18-22-42)39-19-23-43(24-20-39)51-37-59-55(70-51)48-16-10-30-64(48)57(68)52(44-13-7-4-8-14-44)60-53(66)45-27-33-62(2)34-28-45/h3-8,11-14,17-24,36-37,41,45-48,52H,9-10,15-16,25-35H2,1-2H3,(H,60,66)/t46-,47+,48+,52-/m1/s1. The van der Waals surface area contributed by atoms with E-state index < -0.39 is 12.0 Å². The van der Waals surface area contributed by atoms with Gasteiger partial charge in [-0.05, 0) is 125 Å². The highest BCUT2D eigenvalue weighted by molar-refractivity contribution is 7.15. The quantitative estimate of drug-likeness (QED) is 0.115. The summed E-state index contributed by atoms with van der Waals surface area (Å²) in [6, 6.07) is 35.7. The van der Waals surface area contributed by atoms with Gasteiger partial charge in [0.05, 0.1) is 27.8 Å². The molecule has 6 aromatic rings. The Hall–Kier alpha value is -5.86. The number of benzene rings is 4. The highest BCUT2D eigenvalue weighted by Gasteiger charge is 2.40. The molecular formula is C57H63N7O4S2. The number of hydrogen-bond donors (Lipinski definition) is 1. The van der Waals surface area contributed by atoms with Crippen molar-refractivity contribution >= 4 is 46.2 Å². The van der Waals surface area contributed by atoms with Gasteiger partial charge in [0.2, 0.25) is 17.7 Å². The monoisotopic (exact) mass is 973 g/mol. The number of piperidine rings is 2. The lowest BCUT2D eigenvalue weighted by molar-refractivity contribution is -0.138. The second-order valence-electron chi connectivity index (χ2n) is 19.8. The van der Waals surface area contributed by atoms with Gasteiger partial charge in [0.15, 0.2) is 0 Å². The van der Waals surface area contributed by atoms with Crippen LogP contribution in [0, 0.1) is 11.8 Å². The van der Waals surface area contributed by atoms with Crippen molar-refractivity contribution in [3.63, 3.8) is 0 Å². The first-order valence-electron chi connectivity index (χ1n) is 25.2. The third-order valence-corrected chi connectivity index (χ3v) is 17.5. The van der Waals surface area contributed by atoms with E-state index in [1.165, 1.54) is 0 Å². The first-order valence-corrected chi connectivity index (χ1v) is 26.8. The maximum atomic E-state index is 14.5. The number of ketones is 1. The third kappa shape index (κ3) is 10.6. The maximum Gasteiger partial charge on any atom is 0.250 e. The highest BCUT2D eigenvalue weighted by atomic mass is 32.1. The Kier molecular flexibility index (Phi) is 14.8. The molecule has 4 aromatic carbocycles. The van der Waals surface area contributed by atoms with Crippen molar-refractivity contribution in [1.29, 1.82) is 0 Å². The number of Topliss-reactive ketones (excluding diaryl/α,β-unsaturated/α-hetero) is 1. The molecule has 0 aliphatic carbocycles. The van der Waals surface area contributed by atoms with E-state index in [4.69, 9.17) is 9.97 Å². The van der Waals surface area contributed by atoms with E-state index in [1.807, 2.05) is 82.9 Å². The molecule has 4 fully saturated rings. The van der Waals surface area contributed by atoms with Crippen LogP contribution in [0.4, 0.5) is 0 Å². The number of likely N-dealkylation sites (tertiary alicyclic amines) is 4. The van der Waals surface area contributed by atoms with Crippen LogP contribution >= 0.6 is 22.7 Å². The second kappa shape index (κ2) is 21.6. The highest BCUT2D eigenvalue weighted by Crippen LogP contribution is 2.42. The summed E-state index contributed by atoms with van der Waals surface area (Å²) in [5, 5.41) is 5.03. The summed E-state index contributed by atoms with van der Waals surface area (Å²) in [5.74, 6) is -0.458. The smallest absolute Gasteiger partial charge is 0.250 e. The molecule has 0 unspecified atom stereocenters. The summed E-state index contributed by atoms with van der Waals surface area (Å²) >= 11 is 3.28.